The van der Waals surface area contributed by atoms with Gasteiger partial charge in [0.15, 0.2) is 0 Å². The monoisotopic (exact) mass is 314 g/mol. The van der Waals surface area contributed by atoms with Gasteiger partial charge in [-0.05, 0) is 48.7 Å². The molecule has 2 amide bonds. The first kappa shape index (κ1) is 14.6. The van der Waals surface area contributed by atoms with Crippen LogP contribution in [0.15, 0.2) is 48.5 Å². The molecular weight excluding hydrogens is 300 g/mol. The Kier molecular flexibility index (Phi) is 3.62. The maximum Gasteiger partial charge on any atom is 0.248 e. The molecule has 0 bridgehead atoms. The Morgan fingerprint density at radius 1 is 1.05 bits per heavy atom. The smallest absolute Gasteiger partial charge is 0.248 e. The van der Waals surface area contributed by atoms with Crippen molar-refractivity contribution in [2.75, 3.05) is 5.32 Å². The molecule has 0 atom stereocenters. The third kappa shape index (κ3) is 2.57. The summed E-state index contributed by atoms with van der Waals surface area (Å²) < 4.78 is 0. The maximum absolute atomic E-state index is 12.6. The highest BCUT2D eigenvalue weighted by atomic mass is 35.5. The van der Waals surface area contributed by atoms with Crippen molar-refractivity contribution in [2.24, 2.45) is 5.73 Å². The quantitative estimate of drug-likeness (QED) is 0.910. The van der Waals surface area contributed by atoms with Gasteiger partial charge < -0.3 is 11.1 Å². The lowest BCUT2D eigenvalue weighted by atomic mass is 9.94. The number of halogens is 1. The number of carbonyl (C=O) groups excluding carboxylic acids is 2. The van der Waals surface area contributed by atoms with Gasteiger partial charge >= 0.3 is 0 Å². The van der Waals surface area contributed by atoms with Crippen LogP contribution in [0.5, 0.6) is 0 Å². The average molecular weight is 315 g/mol. The summed E-state index contributed by atoms with van der Waals surface area (Å²) in [4.78, 5) is 23.7. The number of hydrogen-bond donors (Lipinski definition) is 2. The fourth-order valence-corrected chi connectivity index (χ4v) is 2.88. The van der Waals surface area contributed by atoms with Crippen molar-refractivity contribution in [3.05, 3.63) is 64.7 Å². The van der Waals surface area contributed by atoms with Gasteiger partial charge in [-0.1, -0.05) is 29.8 Å². The zero-order chi connectivity index (χ0) is 15.7. The molecule has 4 nitrogen and oxygen atoms in total. The second-order valence-electron chi connectivity index (χ2n) is 5.46. The van der Waals surface area contributed by atoms with Crippen molar-refractivity contribution in [3.63, 3.8) is 0 Å². The molecule has 2 aromatic carbocycles. The second kappa shape index (κ2) is 5.46. The van der Waals surface area contributed by atoms with Gasteiger partial charge in [0, 0.05) is 16.3 Å². The van der Waals surface area contributed by atoms with Crippen molar-refractivity contribution in [2.45, 2.75) is 18.3 Å². The van der Waals surface area contributed by atoms with E-state index < -0.39 is 11.3 Å². The molecule has 5 heteroatoms. The number of rotatable bonds is 4. The van der Waals surface area contributed by atoms with Crippen molar-refractivity contribution >= 4 is 29.1 Å². The van der Waals surface area contributed by atoms with Crippen LogP contribution in [0.25, 0.3) is 0 Å². The molecule has 22 heavy (non-hydrogen) atoms. The third-order valence-corrected chi connectivity index (χ3v) is 4.33. The molecule has 1 aliphatic carbocycles. The first-order chi connectivity index (χ1) is 10.5. The fraction of sp³-hybridized carbons (Fsp3) is 0.176. The zero-order valence-electron chi connectivity index (χ0n) is 11.8. The van der Waals surface area contributed by atoms with E-state index in [0.717, 1.165) is 18.4 Å². The van der Waals surface area contributed by atoms with E-state index in [9.17, 15) is 9.59 Å². The van der Waals surface area contributed by atoms with Crippen LogP contribution in [-0.4, -0.2) is 11.8 Å². The van der Waals surface area contributed by atoms with E-state index in [1.807, 2.05) is 18.2 Å². The molecule has 0 aromatic heterocycles. The Balaban J connectivity index is 1.80. The third-order valence-electron chi connectivity index (χ3n) is 4.00. The summed E-state index contributed by atoms with van der Waals surface area (Å²) >= 11 is 6.22. The van der Waals surface area contributed by atoms with Gasteiger partial charge in [0.1, 0.15) is 0 Å². The van der Waals surface area contributed by atoms with Crippen molar-refractivity contribution < 1.29 is 9.59 Å². The van der Waals surface area contributed by atoms with E-state index in [1.54, 1.807) is 30.3 Å². The zero-order valence-corrected chi connectivity index (χ0v) is 12.6. The molecule has 1 fully saturated rings. The SMILES string of the molecule is NC(=O)c1ccc(NC(=O)C2(c3ccccc3Cl)CC2)cc1. The number of primary amides is 1. The summed E-state index contributed by atoms with van der Waals surface area (Å²) in [6.45, 7) is 0. The molecule has 0 unspecified atom stereocenters. The van der Waals surface area contributed by atoms with Gasteiger partial charge in [0.2, 0.25) is 11.8 Å². The highest BCUT2D eigenvalue weighted by molar-refractivity contribution is 6.32. The normalized spacial score (nSPS) is 15.1. The lowest BCUT2D eigenvalue weighted by Gasteiger charge is -2.17. The molecular formula is C17H15ClN2O2. The molecule has 0 radical (unpaired) electrons. The maximum atomic E-state index is 12.6. The minimum absolute atomic E-state index is 0.0765. The Morgan fingerprint density at radius 3 is 2.23 bits per heavy atom. The largest absolute Gasteiger partial charge is 0.366 e. The molecule has 1 saturated carbocycles. The number of benzene rings is 2. The van der Waals surface area contributed by atoms with E-state index in [-0.39, 0.29) is 5.91 Å². The van der Waals surface area contributed by atoms with Gasteiger partial charge in [0.25, 0.3) is 0 Å². The number of nitrogens with two attached hydrogens (primary N) is 1. The van der Waals surface area contributed by atoms with Crippen LogP contribution in [0.4, 0.5) is 5.69 Å². The van der Waals surface area contributed by atoms with Crippen molar-refractivity contribution in [1.29, 1.82) is 0 Å². The molecule has 3 rings (SSSR count). The van der Waals surface area contributed by atoms with E-state index >= 15 is 0 Å². The molecule has 1 aliphatic rings. The van der Waals surface area contributed by atoms with Gasteiger partial charge in [-0.15, -0.1) is 0 Å². The Bertz CT molecular complexity index is 737. The minimum atomic E-state index is -0.541. The fourth-order valence-electron chi connectivity index (χ4n) is 2.56. The van der Waals surface area contributed by atoms with Crippen LogP contribution < -0.4 is 11.1 Å². The first-order valence-electron chi connectivity index (χ1n) is 6.99. The molecule has 0 heterocycles. The minimum Gasteiger partial charge on any atom is -0.366 e. The summed E-state index contributed by atoms with van der Waals surface area (Å²) in [7, 11) is 0. The lowest BCUT2D eigenvalue weighted by Crippen LogP contribution is -2.28. The summed E-state index contributed by atoms with van der Waals surface area (Å²) in [6.07, 6.45) is 1.56. The van der Waals surface area contributed by atoms with Gasteiger partial charge in [-0.2, -0.15) is 0 Å². The standard InChI is InChI=1S/C17H15ClN2O2/c18-14-4-2-1-3-13(14)17(9-10-17)16(22)20-12-7-5-11(6-8-12)15(19)21/h1-8H,9-10H2,(H2,19,21)(H,20,22). The highest BCUT2D eigenvalue weighted by Crippen LogP contribution is 2.51. The molecule has 2 aromatic rings. The average Bonchev–Trinajstić information content (AvgIpc) is 3.30. The highest BCUT2D eigenvalue weighted by Gasteiger charge is 2.52. The molecule has 0 aliphatic heterocycles. The number of amides is 2. The van der Waals surface area contributed by atoms with Crippen LogP contribution in [0.2, 0.25) is 5.02 Å². The lowest BCUT2D eigenvalue weighted by molar-refractivity contribution is -0.118. The molecule has 3 N–H and O–H groups in total. The van der Waals surface area contributed by atoms with E-state index in [2.05, 4.69) is 5.32 Å². The number of carbonyl (C=O) groups is 2. The predicted molar refractivity (Wildman–Crippen MR) is 86.0 cm³/mol. The number of anilines is 1. The summed E-state index contributed by atoms with van der Waals surface area (Å²) in [5, 5.41) is 3.50. The van der Waals surface area contributed by atoms with Gasteiger partial charge in [0.05, 0.1) is 5.41 Å². The van der Waals surface area contributed by atoms with Crippen LogP contribution in [-0.2, 0) is 10.2 Å². The van der Waals surface area contributed by atoms with Gasteiger partial charge in [-0.3, -0.25) is 9.59 Å². The van der Waals surface area contributed by atoms with Crippen LogP contribution in [0.1, 0.15) is 28.8 Å². The number of nitrogens with one attached hydrogen (secondary N) is 1. The molecule has 112 valence electrons. The second-order valence-corrected chi connectivity index (χ2v) is 5.86. The van der Waals surface area contributed by atoms with Crippen molar-refractivity contribution in [3.8, 4) is 0 Å². The Morgan fingerprint density at radius 2 is 1.68 bits per heavy atom. The van der Waals surface area contributed by atoms with E-state index in [0.29, 0.717) is 16.3 Å². The topological polar surface area (TPSA) is 72.2 Å². The summed E-state index contributed by atoms with van der Waals surface area (Å²) in [6, 6.07) is 13.9. The van der Waals surface area contributed by atoms with Crippen molar-refractivity contribution in [1.82, 2.24) is 0 Å². The predicted octanol–water partition coefficient (Wildman–Crippen LogP) is 3.11. The summed E-state index contributed by atoms with van der Waals surface area (Å²) in [5.74, 6) is -0.569. The molecule has 0 spiro atoms. The Hall–Kier alpha value is -2.33. The van der Waals surface area contributed by atoms with Crippen LogP contribution in [0.3, 0.4) is 0 Å². The van der Waals surface area contributed by atoms with E-state index in [4.69, 9.17) is 17.3 Å². The Labute approximate surface area is 133 Å². The first-order valence-corrected chi connectivity index (χ1v) is 7.37. The van der Waals surface area contributed by atoms with Crippen LogP contribution >= 0.6 is 11.6 Å². The van der Waals surface area contributed by atoms with Crippen LogP contribution in [0, 0.1) is 0 Å². The van der Waals surface area contributed by atoms with E-state index in [1.165, 1.54) is 0 Å². The molecule has 0 saturated heterocycles. The van der Waals surface area contributed by atoms with Gasteiger partial charge in [-0.25, -0.2) is 0 Å². The summed E-state index contributed by atoms with van der Waals surface area (Å²) in [5.41, 5.74) is 6.56. The number of hydrogen-bond acceptors (Lipinski definition) is 2.